The summed E-state index contributed by atoms with van der Waals surface area (Å²) in [6.45, 7) is 3.72. The summed E-state index contributed by atoms with van der Waals surface area (Å²) in [7, 11) is 1.61. The Labute approximate surface area is 237 Å². The number of aromatic nitrogens is 5. The zero-order valence-corrected chi connectivity index (χ0v) is 23.4. The average Bonchev–Trinajstić information content (AvgIpc) is 3.68. The Hall–Kier alpha value is -3.60. The largest absolute Gasteiger partial charge is 0.378 e. The Morgan fingerprint density at radius 2 is 1.87 bits per heavy atom. The average molecular weight is 646 g/mol. The van der Waals surface area contributed by atoms with Crippen molar-refractivity contribution in [3.8, 4) is 0 Å². The summed E-state index contributed by atoms with van der Waals surface area (Å²) in [4.78, 5) is 45.8. The lowest BCUT2D eigenvalue weighted by molar-refractivity contribution is -0.117. The van der Waals surface area contributed by atoms with Crippen LogP contribution in [-0.2, 0) is 9.53 Å². The molecule has 3 fully saturated rings. The first-order valence-electron chi connectivity index (χ1n) is 12.7. The van der Waals surface area contributed by atoms with E-state index in [-0.39, 0.29) is 47.1 Å². The summed E-state index contributed by atoms with van der Waals surface area (Å²) in [5.41, 5.74) is 2.08. The van der Waals surface area contributed by atoms with Gasteiger partial charge in [-0.05, 0) is 24.5 Å². The maximum Gasteiger partial charge on any atom is 0.320 e. The van der Waals surface area contributed by atoms with Crippen molar-refractivity contribution in [2.75, 3.05) is 57.1 Å². The van der Waals surface area contributed by atoms with Crippen molar-refractivity contribution >= 4 is 63.8 Å². The van der Waals surface area contributed by atoms with E-state index in [2.05, 4.69) is 30.9 Å². The number of anilines is 3. The van der Waals surface area contributed by atoms with Crippen molar-refractivity contribution in [2.45, 2.75) is 18.8 Å². The fourth-order valence-electron chi connectivity index (χ4n) is 4.54. The molecule has 6 rings (SSSR count). The number of likely N-dealkylation sites (tertiary alicyclic amines) is 1. The topological polar surface area (TPSA) is 150 Å². The molecule has 204 valence electrons. The fraction of sp³-hybridized carbons (Fsp3) is 0.458. The van der Waals surface area contributed by atoms with Crippen LogP contribution in [0.25, 0.3) is 5.65 Å². The Morgan fingerprint density at radius 1 is 1.10 bits per heavy atom. The second kappa shape index (κ2) is 10.5. The molecule has 2 N–H and O–H groups in total. The highest BCUT2D eigenvalue weighted by Crippen LogP contribution is 2.31. The van der Waals surface area contributed by atoms with Crippen LogP contribution in [0.2, 0.25) is 0 Å². The third-order valence-electron chi connectivity index (χ3n) is 6.98. The molecule has 1 aliphatic carbocycles. The van der Waals surface area contributed by atoms with Gasteiger partial charge in [-0.3, -0.25) is 12.7 Å². The van der Waals surface area contributed by atoms with E-state index in [0.29, 0.717) is 50.7 Å². The number of halogens is 1. The molecular weight excluding hydrogens is 619 g/mol. The molecule has 3 aromatic heterocycles. The number of nitrogens with zero attached hydrogens (tertiary/aromatic N) is 8. The molecule has 2 saturated heterocycles. The summed E-state index contributed by atoms with van der Waals surface area (Å²) in [5.74, 6) is 0.250. The van der Waals surface area contributed by atoms with Gasteiger partial charge in [0, 0.05) is 57.3 Å². The molecule has 1 saturated carbocycles. The molecule has 0 radical (unpaired) electrons. The van der Waals surface area contributed by atoms with E-state index in [1.807, 2.05) is 51.0 Å². The van der Waals surface area contributed by atoms with Gasteiger partial charge in [-0.2, -0.15) is 4.98 Å². The van der Waals surface area contributed by atoms with Gasteiger partial charge in [0.05, 0.1) is 41.8 Å². The Bertz CT molecular complexity index is 1430. The van der Waals surface area contributed by atoms with Gasteiger partial charge < -0.3 is 25.2 Å². The smallest absolute Gasteiger partial charge is 0.320 e. The number of rotatable bonds is 6. The molecule has 0 spiro atoms. The molecule has 0 bridgehead atoms. The quantitative estimate of drug-likeness (QED) is 0.303. The number of ether oxygens (including phenoxy) is 1. The maximum absolute atomic E-state index is 12.7. The molecule has 0 unspecified atom stereocenters. The Morgan fingerprint density at radius 3 is 2.59 bits per heavy atom. The van der Waals surface area contributed by atoms with Crippen LogP contribution in [0.1, 0.15) is 34.8 Å². The van der Waals surface area contributed by atoms with Crippen molar-refractivity contribution in [3.05, 3.63) is 35.7 Å². The minimum atomic E-state index is -0.363. The second-order valence-corrected chi connectivity index (χ2v) is 11.3. The number of carbonyl (C=O) groups excluding carboxylic acids is 3. The summed E-state index contributed by atoms with van der Waals surface area (Å²) in [6, 6.07) is 5.49. The lowest BCUT2D eigenvalue weighted by Crippen LogP contribution is -2.55. The molecule has 3 aliphatic rings. The van der Waals surface area contributed by atoms with Crippen LogP contribution in [0.3, 0.4) is 0 Å². The van der Waals surface area contributed by atoms with E-state index in [0.717, 1.165) is 18.4 Å². The number of morpholine rings is 1. The zero-order chi connectivity index (χ0) is 27.1. The molecular formula is C24H27IN10O4. The standard InChI is InChI=1S/C24H27IN10O4/c1-32(25)22(37)20-17(10-18(29-30-20)27-21(36)14-2-3-14)26-23-28-19-5-4-15(13-35(19)31-23)16-11-34(12-16)24(38)33-6-8-39-9-7-33/h4-5,10,13-14,16H,2-3,6-9,11-12H2,1H3,(H2,26,27,29,31,36). The number of amides is 4. The van der Waals surface area contributed by atoms with E-state index < -0.39 is 0 Å². The van der Waals surface area contributed by atoms with Crippen molar-refractivity contribution in [1.29, 1.82) is 0 Å². The third kappa shape index (κ3) is 5.45. The fourth-order valence-corrected chi connectivity index (χ4v) is 4.77. The summed E-state index contributed by atoms with van der Waals surface area (Å²) in [6.07, 6.45) is 3.62. The van der Waals surface area contributed by atoms with Gasteiger partial charge in [0.1, 0.15) is 0 Å². The monoisotopic (exact) mass is 646 g/mol. The van der Waals surface area contributed by atoms with Crippen LogP contribution < -0.4 is 10.6 Å². The molecule has 4 amide bonds. The highest BCUT2D eigenvalue weighted by Gasteiger charge is 2.35. The van der Waals surface area contributed by atoms with Gasteiger partial charge in [-0.15, -0.1) is 15.3 Å². The highest BCUT2D eigenvalue weighted by molar-refractivity contribution is 14.1. The number of pyridine rings is 1. The van der Waals surface area contributed by atoms with E-state index in [4.69, 9.17) is 4.74 Å². The van der Waals surface area contributed by atoms with E-state index in [9.17, 15) is 14.4 Å². The molecule has 3 aromatic rings. The van der Waals surface area contributed by atoms with Gasteiger partial charge in [-0.1, -0.05) is 6.07 Å². The van der Waals surface area contributed by atoms with E-state index in [1.54, 1.807) is 17.6 Å². The van der Waals surface area contributed by atoms with Crippen LogP contribution >= 0.6 is 22.9 Å². The molecule has 15 heteroatoms. The first-order chi connectivity index (χ1) is 18.9. The molecule has 14 nitrogen and oxygen atoms in total. The molecule has 0 aromatic carbocycles. The molecule has 2 aliphatic heterocycles. The van der Waals surface area contributed by atoms with Crippen molar-refractivity contribution in [1.82, 2.24) is 37.7 Å². The molecule has 39 heavy (non-hydrogen) atoms. The van der Waals surface area contributed by atoms with Crippen molar-refractivity contribution < 1.29 is 19.1 Å². The maximum atomic E-state index is 12.7. The summed E-state index contributed by atoms with van der Waals surface area (Å²) in [5, 5.41) is 18.5. The van der Waals surface area contributed by atoms with Crippen LogP contribution in [0, 0.1) is 5.92 Å². The Balaban J connectivity index is 1.17. The molecule has 5 heterocycles. The Kier molecular flexibility index (Phi) is 6.92. The van der Waals surface area contributed by atoms with E-state index in [1.165, 1.54) is 3.11 Å². The van der Waals surface area contributed by atoms with Gasteiger partial charge in [0.15, 0.2) is 17.2 Å². The number of carbonyl (C=O) groups is 3. The van der Waals surface area contributed by atoms with Crippen LogP contribution in [0.4, 0.5) is 22.2 Å². The SMILES string of the molecule is CN(I)C(=O)c1nnc(NC(=O)C2CC2)cc1Nc1nc2ccc(C3CN(C(=O)N4CCOCC4)C3)cn2n1. The van der Waals surface area contributed by atoms with Crippen molar-refractivity contribution in [3.63, 3.8) is 0 Å². The van der Waals surface area contributed by atoms with Gasteiger partial charge in [0.2, 0.25) is 11.9 Å². The van der Waals surface area contributed by atoms with Crippen molar-refractivity contribution in [2.24, 2.45) is 5.92 Å². The van der Waals surface area contributed by atoms with Crippen LogP contribution in [0.15, 0.2) is 24.4 Å². The highest BCUT2D eigenvalue weighted by atomic mass is 127. The minimum Gasteiger partial charge on any atom is -0.378 e. The number of fused-ring (bicyclic) bond motifs is 1. The van der Waals surface area contributed by atoms with Gasteiger partial charge in [0.25, 0.3) is 5.91 Å². The molecule has 0 atom stereocenters. The zero-order valence-electron chi connectivity index (χ0n) is 21.2. The van der Waals surface area contributed by atoms with Crippen LogP contribution in [0.5, 0.6) is 0 Å². The number of hydrogen-bond donors (Lipinski definition) is 2. The lowest BCUT2D eigenvalue weighted by atomic mass is 9.93. The van der Waals surface area contributed by atoms with Crippen LogP contribution in [-0.4, -0.2) is 102 Å². The van der Waals surface area contributed by atoms with Gasteiger partial charge >= 0.3 is 6.03 Å². The third-order valence-corrected chi connectivity index (χ3v) is 7.42. The van der Waals surface area contributed by atoms with Gasteiger partial charge in [-0.25, -0.2) is 9.31 Å². The minimum absolute atomic E-state index is 0.000432. The first kappa shape index (κ1) is 25.7. The van der Waals surface area contributed by atoms with E-state index >= 15 is 0 Å². The first-order valence-corrected chi connectivity index (χ1v) is 13.7. The summed E-state index contributed by atoms with van der Waals surface area (Å²) < 4.78 is 8.37. The lowest BCUT2D eigenvalue weighted by Gasteiger charge is -2.42. The number of hydrogen-bond acceptors (Lipinski definition) is 9. The normalized spacial score (nSPS) is 17.6. The number of nitrogens with one attached hydrogen (secondary N) is 2. The number of urea groups is 1. The summed E-state index contributed by atoms with van der Waals surface area (Å²) >= 11 is 1.86. The second-order valence-electron chi connectivity index (χ2n) is 9.85. The predicted octanol–water partition coefficient (Wildman–Crippen LogP) is 1.88. The predicted molar refractivity (Wildman–Crippen MR) is 148 cm³/mol.